The molecule has 5 atom stereocenters. The smallest absolute Gasteiger partial charge is 0.331 e. The number of nitrogens with one attached hydrogen (secondary N) is 9. The van der Waals surface area contributed by atoms with Gasteiger partial charge in [0, 0.05) is 93.9 Å². The Labute approximate surface area is 698 Å². The van der Waals surface area contributed by atoms with Gasteiger partial charge in [-0.1, -0.05) is 166 Å². The molecule has 0 bridgehead atoms. The van der Waals surface area contributed by atoms with Crippen LogP contribution in [0.25, 0.3) is 0 Å². The van der Waals surface area contributed by atoms with Crippen molar-refractivity contribution in [2.75, 3.05) is 88.7 Å². The van der Waals surface area contributed by atoms with Gasteiger partial charge in [0.05, 0.1) is 65.8 Å². The van der Waals surface area contributed by atoms with E-state index in [1.165, 1.54) is 49.5 Å². The molecule has 0 heterocycles. The molecule has 5 aromatic rings. The van der Waals surface area contributed by atoms with Gasteiger partial charge >= 0.3 is 83.8 Å². The Morgan fingerprint density at radius 3 is 0.717 bits per heavy atom. The number of ether oxygens (including phenoxy) is 10. The maximum absolute atomic E-state index is 12.0. The highest BCUT2D eigenvalue weighted by Crippen LogP contribution is 2.10. The van der Waals surface area contributed by atoms with E-state index in [2.05, 4.69) is 71.5 Å². The molecule has 0 fully saturated rings. The first-order valence-electron chi connectivity index (χ1n) is 37.7. The van der Waals surface area contributed by atoms with Crippen LogP contribution >= 0.6 is 0 Å². The number of esters is 10. The summed E-state index contributed by atoms with van der Waals surface area (Å²) in [6, 6.07) is 44.3. The Morgan fingerprint density at radius 2 is 0.508 bits per heavy atom. The largest absolute Gasteiger partial charge is 0.466 e. The Hall–Kier alpha value is -14.0. The van der Waals surface area contributed by atoms with Crippen LogP contribution < -0.4 is 47.9 Å². The third kappa shape index (κ3) is 56.3. The van der Waals surface area contributed by atoms with E-state index < -0.39 is 83.9 Å². The van der Waals surface area contributed by atoms with Gasteiger partial charge in [0.1, 0.15) is 33.0 Å². The molecule has 0 aliphatic heterocycles. The molecule has 0 aliphatic carbocycles. The summed E-state index contributed by atoms with van der Waals surface area (Å²) in [5, 5.41) is 24.4. The predicted molar refractivity (Wildman–Crippen MR) is 442 cm³/mol. The fourth-order valence-corrected chi connectivity index (χ4v) is 9.39. The third-order valence-corrected chi connectivity index (χ3v) is 14.9. The quantitative estimate of drug-likeness (QED) is 0.0117. The van der Waals surface area contributed by atoms with E-state index in [0.717, 1.165) is 88.6 Å². The average molecular weight is 1670 g/mol. The average Bonchev–Trinajstić information content (AvgIpc) is 0.977. The number of carbonyl (C=O) groups is 15. The number of rotatable bonds is 39. The standard InChI is InChI=1S/C19H26N2O5.C18H24N2O5.C17H22N2O5.C16H20N2O5.C16H19NO5/c1-14(2)12-20-19(24)21-16(11-15-7-5-4-6-8-15)13-26-18(23)10-9-17(22)25-3;1-13(2)19-18(23)20-15(11-14-7-5-4-6-8-14)12-25-17(22)10-9-16(21)24-3;1-3-18-17(22)19-14(11-13-7-5-4-6-8-13)12-24-16(21)10-9-15(20)23-2;1-17-16(21)18-13(10-12-6-4-3-5-7-12)11-23-15(20)9-8-14(19)22-2;1-12(18)17-14(10-13-6-4-3-5-7-13)11-22-16(20)9-8-15(19)21-2/h4-10,14,16H,11-13H2,1-3H3,(H2,20,21,24);4-10,13,15H,11-12H2,1-3H3,(H2,19,20,23);4-10,14H,3,11-12H2,1-2H3,(H2,18,19,22);3-9,13H,10-11H2,1-2H3,(H2,17,18,21);3-9,14H,10-11H2,1-2H3,(H,17,18)/b3*10-9+;2*9-8+/t16-;15-;14-;13-;14-/m11111/s1. The molecule has 0 saturated heterocycles. The topological polar surface area (TPSA) is 457 Å². The zero-order valence-corrected chi connectivity index (χ0v) is 69.4. The first-order chi connectivity index (χ1) is 57.4. The monoisotopic (exact) mass is 1670 g/mol. The Kier molecular flexibility index (Phi) is 55.7. The fourth-order valence-electron chi connectivity index (χ4n) is 9.39. The van der Waals surface area contributed by atoms with Crippen molar-refractivity contribution in [1.82, 2.24) is 47.9 Å². The van der Waals surface area contributed by atoms with Crippen molar-refractivity contribution in [2.45, 2.75) is 110 Å². The number of hydrogen-bond acceptors (Lipinski definition) is 25. The predicted octanol–water partition coefficient (Wildman–Crippen LogP) is 6.40. The van der Waals surface area contributed by atoms with Crippen LogP contribution in [0, 0.1) is 5.92 Å². The highest BCUT2D eigenvalue weighted by Gasteiger charge is 2.21. The van der Waals surface area contributed by atoms with Crippen molar-refractivity contribution in [2.24, 2.45) is 5.92 Å². The molecule has 9 N–H and O–H groups in total. The summed E-state index contributed by atoms with van der Waals surface area (Å²) in [4.78, 5) is 171. The summed E-state index contributed by atoms with van der Waals surface area (Å²) >= 11 is 0. The molecule has 0 aliphatic rings. The lowest BCUT2D eigenvalue weighted by molar-refractivity contribution is -0.140. The van der Waals surface area contributed by atoms with Gasteiger partial charge in [-0.05, 0) is 86.6 Å². The molecule has 34 nitrogen and oxygen atoms in total. The van der Waals surface area contributed by atoms with Gasteiger partial charge in [-0.15, -0.1) is 0 Å². The van der Waals surface area contributed by atoms with Gasteiger partial charge < -0.3 is 95.2 Å². The van der Waals surface area contributed by atoms with Crippen LogP contribution in [0.15, 0.2) is 212 Å². The van der Waals surface area contributed by atoms with Gasteiger partial charge in [-0.25, -0.2) is 67.1 Å². The maximum atomic E-state index is 12.0. The van der Waals surface area contributed by atoms with Gasteiger partial charge in [0.2, 0.25) is 5.91 Å². The third-order valence-electron chi connectivity index (χ3n) is 14.9. The van der Waals surface area contributed by atoms with E-state index >= 15 is 0 Å². The molecule has 9 amide bonds. The van der Waals surface area contributed by atoms with Crippen molar-refractivity contribution in [3.8, 4) is 0 Å². The summed E-state index contributed by atoms with van der Waals surface area (Å²) in [5.74, 6) is -6.51. The van der Waals surface area contributed by atoms with Crippen molar-refractivity contribution >= 4 is 89.7 Å². The lowest BCUT2D eigenvalue weighted by atomic mass is 10.1. The van der Waals surface area contributed by atoms with E-state index in [4.69, 9.17) is 23.7 Å². The van der Waals surface area contributed by atoms with Gasteiger partial charge in [-0.3, -0.25) is 4.79 Å². The van der Waals surface area contributed by atoms with E-state index in [-0.39, 0.29) is 75.1 Å². The normalized spacial score (nSPS) is 11.7. The first kappa shape index (κ1) is 104. The zero-order valence-electron chi connectivity index (χ0n) is 69.4. The van der Waals surface area contributed by atoms with Crippen LogP contribution in [0.3, 0.4) is 0 Å². The van der Waals surface area contributed by atoms with Crippen molar-refractivity contribution in [3.05, 3.63) is 240 Å². The van der Waals surface area contributed by atoms with E-state index in [9.17, 15) is 71.9 Å². The molecule has 5 rings (SSSR count). The van der Waals surface area contributed by atoms with E-state index in [1.807, 2.05) is 186 Å². The van der Waals surface area contributed by atoms with Crippen LogP contribution in [0.2, 0.25) is 0 Å². The summed E-state index contributed by atoms with van der Waals surface area (Å²) in [6.07, 6.45) is 12.4. The summed E-state index contributed by atoms with van der Waals surface area (Å²) in [5.41, 5.74) is 5.01. The second kappa shape index (κ2) is 64.2. The minimum atomic E-state index is -0.688. The molecule has 0 spiro atoms. The minimum Gasteiger partial charge on any atom is -0.466 e. The van der Waals surface area contributed by atoms with Crippen LogP contribution in [-0.2, 0) is 132 Å². The highest BCUT2D eigenvalue weighted by atomic mass is 16.6. The van der Waals surface area contributed by atoms with Crippen LogP contribution in [0.4, 0.5) is 19.2 Å². The number of benzene rings is 5. The van der Waals surface area contributed by atoms with Crippen LogP contribution in [0.1, 0.15) is 69.4 Å². The Balaban J connectivity index is 0.000000751. The number of hydrogen-bond donors (Lipinski definition) is 9. The number of amides is 9. The Morgan fingerprint density at radius 1 is 0.292 bits per heavy atom. The summed E-state index contributed by atoms with van der Waals surface area (Å²) in [6.45, 7) is 11.9. The molecule has 120 heavy (non-hydrogen) atoms. The molecule has 0 aromatic heterocycles. The molecule has 5 aromatic carbocycles. The minimum absolute atomic E-state index is 0.0112. The molecule has 650 valence electrons. The highest BCUT2D eigenvalue weighted by molar-refractivity contribution is 5.94. The fraction of sp³-hybridized carbons (Fsp3) is 0.360. The Bertz CT molecular complexity index is 4090. The molecular weight excluding hydrogens is 1560 g/mol. The van der Waals surface area contributed by atoms with Crippen LogP contribution in [-0.4, -0.2) is 215 Å². The molecule has 0 unspecified atom stereocenters. The number of carbonyl (C=O) groups excluding carboxylic acids is 15. The van der Waals surface area contributed by atoms with E-state index in [1.54, 1.807) is 0 Å². The SMILES string of the molecule is CCNC(=O)N[C@@H](COC(=O)/C=C/C(=O)OC)Cc1ccccc1.CNC(=O)N[C@@H](COC(=O)/C=C/C(=O)OC)Cc1ccccc1.COC(=O)/C=C/C(=O)OC[C@@H](Cc1ccccc1)NC(=O)NC(C)C.COC(=O)/C=C/C(=O)OC[C@@H](Cc1ccccc1)NC(=O)NCC(C)C.COC(=O)/C=C/C(=O)OC[C@@H](Cc1ccccc1)NC(C)=O. The van der Waals surface area contributed by atoms with Crippen molar-refractivity contribution < 1.29 is 119 Å². The zero-order chi connectivity index (χ0) is 89.3. The summed E-state index contributed by atoms with van der Waals surface area (Å²) < 4.78 is 47.3. The van der Waals surface area contributed by atoms with Gasteiger partial charge in [0.25, 0.3) is 0 Å². The lowest BCUT2D eigenvalue weighted by Gasteiger charge is -2.20. The van der Waals surface area contributed by atoms with Gasteiger partial charge in [-0.2, -0.15) is 0 Å². The number of methoxy groups -OCH3 is 5. The van der Waals surface area contributed by atoms with Gasteiger partial charge in [0.15, 0.2) is 0 Å². The molecule has 0 saturated carbocycles. The second-order valence-electron chi connectivity index (χ2n) is 25.8. The number of urea groups is 4. The summed E-state index contributed by atoms with van der Waals surface area (Å²) in [7, 11) is 7.56. The molecular formula is C86H111N9O25. The molecule has 0 radical (unpaired) electrons. The molecule has 34 heteroatoms. The van der Waals surface area contributed by atoms with Crippen LogP contribution in [0.5, 0.6) is 0 Å². The lowest BCUT2D eigenvalue weighted by Crippen LogP contribution is -2.47. The maximum Gasteiger partial charge on any atom is 0.331 e. The van der Waals surface area contributed by atoms with Crippen molar-refractivity contribution in [1.29, 1.82) is 0 Å². The van der Waals surface area contributed by atoms with E-state index in [0.29, 0.717) is 51.1 Å². The second-order valence-corrected chi connectivity index (χ2v) is 25.8. The first-order valence-corrected chi connectivity index (χ1v) is 37.7. The van der Waals surface area contributed by atoms with Crippen molar-refractivity contribution in [3.63, 3.8) is 0 Å².